The molecule has 0 amide bonds. The molecule has 5 nitrogen and oxygen atoms in total. The molecule has 5 N–H and O–H groups in total. The smallest absolute Gasteiger partial charge is 0.181 e. The van der Waals surface area contributed by atoms with Gasteiger partial charge < -0.3 is 26.0 Å². The molecule has 2 aromatic rings. The van der Waals surface area contributed by atoms with E-state index in [2.05, 4.69) is 31.3 Å². The lowest BCUT2D eigenvalue weighted by molar-refractivity contribution is 0.0968. The number of β-amino-alcohol motifs (C(OH)–C–C–N with tert-alkyl or cyclic N) is 1. The van der Waals surface area contributed by atoms with Gasteiger partial charge in [0.05, 0.1) is 5.69 Å². The summed E-state index contributed by atoms with van der Waals surface area (Å²) in [6.45, 7) is 4.73. The third kappa shape index (κ3) is 6.29. The maximum atomic E-state index is 10.1. The summed E-state index contributed by atoms with van der Waals surface area (Å²) in [7, 11) is 0. The lowest BCUT2D eigenvalue weighted by Crippen LogP contribution is -2.45. The number of phenols is 1. The Balaban J connectivity index is 1.74. The number of anilines is 1. The number of rotatable bonds is 9. The minimum Gasteiger partial charge on any atom is -0.503 e. The van der Waals surface area contributed by atoms with Crippen LogP contribution in [0.4, 0.5) is 5.69 Å². The molecule has 0 radical (unpaired) electrons. The first-order chi connectivity index (χ1) is 11.9. The van der Waals surface area contributed by atoms with Crippen LogP contribution in [-0.4, -0.2) is 35.0 Å². The second-order valence-electron chi connectivity index (χ2n) is 6.91. The topological polar surface area (TPSA) is 87.7 Å². The molecule has 0 spiro atoms. The zero-order chi connectivity index (χ0) is 18.3. The van der Waals surface area contributed by atoms with Crippen LogP contribution in [0, 0.1) is 0 Å². The highest BCUT2D eigenvalue weighted by atomic mass is 16.5. The van der Waals surface area contributed by atoms with Crippen LogP contribution >= 0.6 is 0 Å². The van der Waals surface area contributed by atoms with Gasteiger partial charge in [0.1, 0.15) is 12.7 Å². The fourth-order valence-corrected chi connectivity index (χ4v) is 2.48. The monoisotopic (exact) mass is 344 g/mol. The molecule has 0 saturated carbocycles. The normalized spacial score (nSPS) is 12.8. The van der Waals surface area contributed by atoms with Crippen molar-refractivity contribution < 1.29 is 14.9 Å². The van der Waals surface area contributed by atoms with E-state index in [-0.39, 0.29) is 29.3 Å². The van der Waals surface area contributed by atoms with Crippen molar-refractivity contribution in [1.29, 1.82) is 0 Å². The number of aliphatic hydroxyl groups excluding tert-OH is 1. The third-order valence-electron chi connectivity index (χ3n) is 4.16. The van der Waals surface area contributed by atoms with E-state index in [1.54, 1.807) is 18.2 Å². The Morgan fingerprint density at radius 3 is 2.56 bits per heavy atom. The summed E-state index contributed by atoms with van der Waals surface area (Å²) in [6, 6.07) is 15.3. The van der Waals surface area contributed by atoms with Crippen LogP contribution in [0.25, 0.3) is 0 Å². The number of aromatic hydroxyl groups is 1. The molecule has 0 bridgehead atoms. The maximum Gasteiger partial charge on any atom is 0.181 e. The number of nitrogens with two attached hydrogens (primary N) is 1. The summed E-state index contributed by atoms with van der Waals surface area (Å²) in [5, 5.41) is 23.3. The molecule has 5 heteroatoms. The van der Waals surface area contributed by atoms with E-state index in [9.17, 15) is 10.2 Å². The van der Waals surface area contributed by atoms with Crippen LogP contribution in [-0.2, 0) is 6.42 Å². The number of ether oxygens (including phenoxy) is 1. The van der Waals surface area contributed by atoms with Crippen LogP contribution in [0.5, 0.6) is 11.5 Å². The Hall–Kier alpha value is -2.24. The summed E-state index contributed by atoms with van der Waals surface area (Å²) >= 11 is 0. The zero-order valence-corrected chi connectivity index (χ0v) is 14.9. The Labute approximate surface area is 149 Å². The number of nitrogens with one attached hydrogen (secondary N) is 1. The Bertz CT molecular complexity index is 659. The molecular formula is C20H28N2O3. The van der Waals surface area contributed by atoms with Crippen molar-refractivity contribution in [3.05, 3.63) is 54.1 Å². The Morgan fingerprint density at radius 1 is 1.12 bits per heavy atom. The van der Waals surface area contributed by atoms with Gasteiger partial charge in [-0.3, -0.25) is 0 Å². The van der Waals surface area contributed by atoms with E-state index in [0.717, 1.165) is 12.8 Å². The van der Waals surface area contributed by atoms with Crippen molar-refractivity contribution in [3.63, 3.8) is 0 Å². The average molecular weight is 344 g/mol. The first-order valence-electron chi connectivity index (χ1n) is 8.55. The van der Waals surface area contributed by atoms with Crippen molar-refractivity contribution in [1.82, 2.24) is 5.32 Å². The largest absolute Gasteiger partial charge is 0.503 e. The van der Waals surface area contributed by atoms with Crippen LogP contribution in [0.2, 0.25) is 0 Å². The molecule has 25 heavy (non-hydrogen) atoms. The minimum absolute atomic E-state index is 0.0821. The van der Waals surface area contributed by atoms with E-state index in [1.807, 2.05) is 18.2 Å². The van der Waals surface area contributed by atoms with Gasteiger partial charge in [-0.25, -0.2) is 0 Å². The number of nitrogen functional groups attached to an aromatic ring is 1. The lowest BCUT2D eigenvalue weighted by Gasteiger charge is -2.28. The van der Waals surface area contributed by atoms with Crippen LogP contribution in [0.3, 0.4) is 0 Å². The first kappa shape index (κ1) is 19.1. The second kappa shape index (κ2) is 8.74. The number of phenolic OH excluding ortho intramolecular Hbond substituents is 1. The van der Waals surface area contributed by atoms with Gasteiger partial charge in [0, 0.05) is 12.1 Å². The quantitative estimate of drug-likeness (QED) is 0.415. The summed E-state index contributed by atoms with van der Waals surface area (Å²) in [5.41, 5.74) is 7.08. The second-order valence-corrected chi connectivity index (χ2v) is 6.91. The van der Waals surface area contributed by atoms with Gasteiger partial charge in [-0.1, -0.05) is 36.4 Å². The van der Waals surface area contributed by atoms with Crippen molar-refractivity contribution in [3.8, 4) is 11.5 Å². The Morgan fingerprint density at radius 2 is 1.84 bits per heavy atom. The fourth-order valence-electron chi connectivity index (χ4n) is 2.48. The molecule has 1 unspecified atom stereocenters. The van der Waals surface area contributed by atoms with Crippen LogP contribution in [0.1, 0.15) is 25.8 Å². The molecule has 0 aliphatic rings. The molecule has 136 valence electrons. The number of para-hydroxylation sites is 1. The van der Waals surface area contributed by atoms with Gasteiger partial charge in [0.25, 0.3) is 0 Å². The van der Waals surface area contributed by atoms with Gasteiger partial charge in [-0.2, -0.15) is 0 Å². The van der Waals surface area contributed by atoms with Crippen molar-refractivity contribution in [2.24, 2.45) is 0 Å². The highest BCUT2D eigenvalue weighted by molar-refractivity contribution is 5.58. The van der Waals surface area contributed by atoms with Crippen LogP contribution in [0.15, 0.2) is 48.5 Å². The SMILES string of the molecule is CC(C)(CCc1ccccc1)NCC(O)COc1cccc(N)c1O. The van der Waals surface area contributed by atoms with Gasteiger partial charge in [0.15, 0.2) is 11.5 Å². The average Bonchev–Trinajstić information content (AvgIpc) is 2.61. The minimum atomic E-state index is -0.683. The number of aliphatic hydroxyl groups is 1. The molecular weight excluding hydrogens is 316 g/mol. The summed E-state index contributed by atoms with van der Waals surface area (Å²) in [4.78, 5) is 0. The fraction of sp³-hybridized carbons (Fsp3) is 0.400. The van der Waals surface area contributed by atoms with E-state index in [0.29, 0.717) is 6.54 Å². The molecule has 0 heterocycles. The van der Waals surface area contributed by atoms with Gasteiger partial charge in [-0.15, -0.1) is 0 Å². The number of hydrogen-bond acceptors (Lipinski definition) is 5. The van der Waals surface area contributed by atoms with E-state index in [1.165, 1.54) is 5.56 Å². The van der Waals surface area contributed by atoms with Gasteiger partial charge in [-0.05, 0) is 44.4 Å². The van der Waals surface area contributed by atoms with Crippen LogP contribution < -0.4 is 15.8 Å². The highest BCUT2D eigenvalue weighted by Gasteiger charge is 2.19. The number of hydrogen-bond donors (Lipinski definition) is 4. The van der Waals surface area contributed by atoms with Gasteiger partial charge >= 0.3 is 0 Å². The van der Waals surface area contributed by atoms with Crippen molar-refractivity contribution >= 4 is 5.69 Å². The summed E-state index contributed by atoms with van der Waals surface area (Å²) in [5.74, 6) is 0.188. The van der Waals surface area contributed by atoms with Gasteiger partial charge in [0.2, 0.25) is 0 Å². The molecule has 0 aromatic heterocycles. The highest BCUT2D eigenvalue weighted by Crippen LogP contribution is 2.31. The standard InChI is InChI=1S/C20H28N2O3/c1-20(2,12-11-15-7-4-3-5-8-15)22-13-16(23)14-25-18-10-6-9-17(21)19(18)24/h3-10,16,22-24H,11-14,21H2,1-2H3. The van der Waals surface area contributed by atoms with E-state index in [4.69, 9.17) is 10.5 Å². The molecule has 0 fully saturated rings. The molecule has 0 aliphatic heterocycles. The molecule has 2 rings (SSSR count). The number of aryl methyl sites for hydroxylation is 1. The maximum absolute atomic E-state index is 10.1. The summed E-state index contributed by atoms with van der Waals surface area (Å²) < 4.78 is 5.45. The zero-order valence-electron chi connectivity index (χ0n) is 14.9. The summed E-state index contributed by atoms with van der Waals surface area (Å²) in [6.07, 6.45) is 1.25. The first-order valence-corrected chi connectivity index (χ1v) is 8.55. The molecule has 0 saturated heterocycles. The number of benzene rings is 2. The van der Waals surface area contributed by atoms with Crippen molar-refractivity contribution in [2.45, 2.75) is 38.3 Å². The predicted octanol–water partition coefficient (Wildman–Crippen LogP) is 2.72. The predicted molar refractivity (Wildman–Crippen MR) is 101 cm³/mol. The molecule has 0 aliphatic carbocycles. The molecule has 1 atom stereocenters. The van der Waals surface area contributed by atoms with E-state index < -0.39 is 6.10 Å². The van der Waals surface area contributed by atoms with E-state index >= 15 is 0 Å². The third-order valence-corrected chi connectivity index (χ3v) is 4.16. The van der Waals surface area contributed by atoms with Crippen molar-refractivity contribution in [2.75, 3.05) is 18.9 Å². The lowest BCUT2D eigenvalue weighted by atomic mass is 9.95. The Kier molecular flexibility index (Phi) is 6.67. The molecule has 2 aromatic carbocycles.